The SMILES string of the molecule is CSCc1ccc(CNCCC(=O)N(C)C)o1. The topological polar surface area (TPSA) is 45.5 Å². The highest BCUT2D eigenvalue weighted by Crippen LogP contribution is 2.13. The van der Waals surface area contributed by atoms with E-state index in [-0.39, 0.29) is 5.91 Å². The first-order valence-corrected chi connectivity index (χ1v) is 7.00. The normalized spacial score (nSPS) is 10.5. The van der Waals surface area contributed by atoms with Crippen LogP contribution in [-0.2, 0) is 17.1 Å². The molecule has 5 heteroatoms. The second-order valence-corrected chi connectivity index (χ2v) is 4.88. The summed E-state index contributed by atoms with van der Waals surface area (Å²) in [5.74, 6) is 2.96. The van der Waals surface area contributed by atoms with Crippen LogP contribution in [0.15, 0.2) is 16.5 Å². The molecule has 0 fully saturated rings. The maximum atomic E-state index is 11.3. The highest BCUT2D eigenvalue weighted by atomic mass is 32.2. The van der Waals surface area contributed by atoms with Gasteiger partial charge in [-0.2, -0.15) is 11.8 Å². The lowest BCUT2D eigenvalue weighted by Gasteiger charge is -2.09. The molecule has 0 saturated heterocycles. The molecule has 0 aromatic carbocycles. The number of carbonyl (C=O) groups excluding carboxylic acids is 1. The molecule has 1 N–H and O–H groups in total. The Morgan fingerprint density at radius 3 is 2.76 bits per heavy atom. The van der Waals surface area contributed by atoms with Crippen molar-refractivity contribution in [2.45, 2.75) is 18.7 Å². The van der Waals surface area contributed by atoms with Crippen LogP contribution < -0.4 is 5.32 Å². The summed E-state index contributed by atoms with van der Waals surface area (Å²) in [5, 5.41) is 3.19. The first-order valence-electron chi connectivity index (χ1n) is 5.61. The monoisotopic (exact) mass is 256 g/mol. The molecule has 0 radical (unpaired) electrons. The highest BCUT2D eigenvalue weighted by Gasteiger charge is 2.04. The number of carbonyl (C=O) groups is 1. The molecule has 96 valence electrons. The minimum absolute atomic E-state index is 0.139. The predicted molar refractivity (Wildman–Crippen MR) is 70.9 cm³/mol. The summed E-state index contributed by atoms with van der Waals surface area (Å²) in [7, 11) is 3.53. The number of furan rings is 1. The average molecular weight is 256 g/mol. The van der Waals surface area contributed by atoms with E-state index < -0.39 is 0 Å². The lowest BCUT2D eigenvalue weighted by molar-refractivity contribution is -0.128. The summed E-state index contributed by atoms with van der Waals surface area (Å²) < 4.78 is 5.60. The predicted octanol–water partition coefficient (Wildman–Crippen LogP) is 1.71. The Morgan fingerprint density at radius 2 is 2.12 bits per heavy atom. The quantitative estimate of drug-likeness (QED) is 0.754. The third-order valence-corrected chi connectivity index (χ3v) is 2.89. The van der Waals surface area contributed by atoms with Gasteiger partial charge in [-0.05, 0) is 18.4 Å². The fourth-order valence-corrected chi connectivity index (χ4v) is 1.81. The van der Waals surface area contributed by atoms with Crippen molar-refractivity contribution in [3.05, 3.63) is 23.7 Å². The first kappa shape index (κ1) is 14.1. The van der Waals surface area contributed by atoms with E-state index in [1.54, 1.807) is 30.8 Å². The summed E-state index contributed by atoms with van der Waals surface area (Å²) in [4.78, 5) is 12.9. The molecule has 1 rings (SSSR count). The molecule has 1 amide bonds. The molecular weight excluding hydrogens is 236 g/mol. The minimum Gasteiger partial charge on any atom is -0.464 e. The van der Waals surface area contributed by atoms with Crippen molar-refractivity contribution in [1.29, 1.82) is 0 Å². The number of amides is 1. The van der Waals surface area contributed by atoms with Crippen LogP contribution in [0.3, 0.4) is 0 Å². The maximum Gasteiger partial charge on any atom is 0.223 e. The van der Waals surface area contributed by atoms with Crippen LogP contribution in [0.25, 0.3) is 0 Å². The number of nitrogens with zero attached hydrogens (tertiary/aromatic N) is 1. The van der Waals surface area contributed by atoms with Crippen LogP contribution in [0.5, 0.6) is 0 Å². The third kappa shape index (κ3) is 5.28. The lowest BCUT2D eigenvalue weighted by atomic mass is 10.3. The van der Waals surface area contributed by atoms with Crippen molar-refractivity contribution < 1.29 is 9.21 Å². The standard InChI is InChI=1S/C12H20N2O2S/c1-14(2)12(15)6-7-13-8-10-4-5-11(16-10)9-17-3/h4-5,13H,6-9H2,1-3H3. The molecule has 0 unspecified atom stereocenters. The molecule has 17 heavy (non-hydrogen) atoms. The number of hydrogen-bond donors (Lipinski definition) is 1. The van der Waals surface area contributed by atoms with Gasteiger partial charge in [-0.15, -0.1) is 0 Å². The molecule has 0 aliphatic rings. The van der Waals surface area contributed by atoms with Crippen LogP contribution in [0.2, 0.25) is 0 Å². The third-order valence-electron chi connectivity index (χ3n) is 2.32. The molecule has 0 bridgehead atoms. The molecule has 0 saturated carbocycles. The van der Waals surface area contributed by atoms with Gasteiger partial charge in [-0.25, -0.2) is 0 Å². The summed E-state index contributed by atoms with van der Waals surface area (Å²) in [5.41, 5.74) is 0. The van der Waals surface area contributed by atoms with Gasteiger partial charge in [0.25, 0.3) is 0 Å². The van der Waals surface area contributed by atoms with E-state index in [2.05, 4.69) is 5.32 Å². The van der Waals surface area contributed by atoms with Gasteiger partial charge in [0.15, 0.2) is 0 Å². The Bertz CT molecular complexity index is 350. The average Bonchev–Trinajstić information content (AvgIpc) is 2.72. The van der Waals surface area contributed by atoms with Crippen molar-refractivity contribution in [2.75, 3.05) is 26.9 Å². The Morgan fingerprint density at radius 1 is 1.41 bits per heavy atom. The van der Waals surface area contributed by atoms with Gasteiger partial charge >= 0.3 is 0 Å². The van der Waals surface area contributed by atoms with E-state index >= 15 is 0 Å². The first-order chi connectivity index (χ1) is 8.13. The number of nitrogens with one attached hydrogen (secondary N) is 1. The van der Waals surface area contributed by atoms with Crippen LogP contribution >= 0.6 is 11.8 Å². The molecule has 0 aliphatic heterocycles. The largest absolute Gasteiger partial charge is 0.464 e. The van der Waals surface area contributed by atoms with Crippen molar-refractivity contribution in [1.82, 2.24) is 10.2 Å². The maximum absolute atomic E-state index is 11.3. The Balaban J connectivity index is 2.19. The summed E-state index contributed by atoms with van der Waals surface area (Å²) >= 11 is 1.74. The molecule has 1 aromatic heterocycles. The van der Waals surface area contributed by atoms with Gasteiger partial charge in [0.2, 0.25) is 5.91 Å². The van der Waals surface area contributed by atoms with E-state index in [4.69, 9.17) is 4.42 Å². The second-order valence-electron chi connectivity index (χ2n) is 4.02. The van der Waals surface area contributed by atoms with Crippen molar-refractivity contribution >= 4 is 17.7 Å². The summed E-state index contributed by atoms with van der Waals surface area (Å²) in [6.07, 6.45) is 2.57. The zero-order valence-electron chi connectivity index (χ0n) is 10.7. The molecular formula is C12H20N2O2S. The fraction of sp³-hybridized carbons (Fsp3) is 0.583. The van der Waals surface area contributed by atoms with Gasteiger partial charge in [-0.1, -0.05) is 0 Å². The van der Waals surface area contributed by atoms with E-state index in [0.717, 1.165) is 17.3 Å². The second kappa shape index (κ2) is 7.40. The van der Waals surface area contributed by atoms with E-state index in [1.165, 1.54) is 0 Å². The van der Waals surface area contributed by atoms with Gasteiger partial charge in [0, 0.05) is 27.1 Å². The van der Waals surface area contributed by atoms with E-state index in [1.807, 2.05) is 18.4 Å². The number of thioether (sulfide) groups is 1. The van der Waals surface area contributed by atoms with Gasteiger partial charge in [0.05, 0.1) is 12.3 Å². The molecule has 0 spiro atoms. The molecule has 4 nitrogen and oxygen atoms in total. The molecule has 1 aromatic rings. The van der Waals surface area contributed by atoms with Crippen LogP contribution in [0, 0.1) is 0 Å². The van der Waals surface area contributed by atoms with Crippen molar-refractivity contribution in [3.63, 3.8) is 0 Å². The van der Waals surface area contributed by atoms with Crippen molar-refractivity contribution in [2.24, 2.45) is 0 Å². The van der Waals surface area contributed by atoms with Crippen LogP contribution in [0.4, 0.5) is 0 Å². The lowest BCUT2D eigenvalue weighted by Crippen LogP contribution is -2.26. The number of hydrogen-bond acceptors (Lipinski definition) is 4. The van der Waals surface area contributed by atoms with Gasteiger partial charge < -0.3 is 14.6 Å². The highest BCUT2D eigenvalue weighted by molar-refractivity contribution is 7.97. The minimum atomic E-state index is 0.139. The van der Waals surface area contributed by atoms with Crippen LogP contribution in [0.1, 0.15) is 17.9 Å². The molecule has 0 aliphatic carbocycles. The zero-order chi connectivity index (χ0) is 12.7. The smallest absolute Gasteiger partial charge is 0.223 e. The van der Waals surface area contributed by atoms with Gasteiger partial charge in [0.1, 0.15) is 11.5 Å². The van der Waals surface area contributed by atoms with E-state index in [9.17, 15) is 4.79 Å². The van der Waals surface area contributed by atoms with Crippen molar-refractivity contribution in [3.8, 4) is 0 Å². The summed E-state index contributed by atoms with van der Waals surface area (Å²) in [6, 6.07) is 3.98. The Kier molecular flexibility index (Phi) is 6.15. The van der Waals surface area contributed by atoms with Crippen LogP contribution in [-0.4, -0.2) is 37.7 Å². The molecule has 0 atom stereocenters. The van der Waals surface area contributed by atoms with Gasteiger partial charge in [-0.3, -0.25) is 4.79 Å². The zero-order valence-corrected chi connectivity index (χ0v) is 11.5. The fourth-order valence-electron chi connectivity index (χ4n) is 1.37. The number of rotatable bonds is 7. The molecule has 1 heterocycles. The summed E-state index contributed by atoms with van der Waals surface area (Å²) in [6.45, 7) is 1.35. The Hall–Kier alpha value is -0.940. The van der Waals surface area contributed by atoms with E-state index in [0.29, 0.717) is 19.5 Å². The Labute approximate surface area is 107 Å².